The first-order valence-corrected chi connectivity index (χ1v) is 8.84. The van der Waals surface area contributed by atoms with E-state index < -0.39 is 32.0 Å². The van der Waals surface area contributed by atoms with E-state index in [1.54, 1.807) is 0 Å². The molecule has 7 atom stereocenters. The van der Waals surface area contributed by atoms with E-state index in [1.807, 2.05) is 6.92 Å². The Labute approximate surface area is 133 Å². The van der Waals surface area contributed by atoms with Crippen LogP contribution in [0.4, 0.5) is 0 Å². The summed E-state index contributed by atoms with van der Waals surface area (Å²) in [7, 11) is 8.62. The highest BCUT2D eigenvalue weighted by atomic mass is 31.2. The van der Waals surface area contributed by atoms with Crippen LogP contribution in [0.5, 0.6) is 0 Å². The maximum absolute atomic E-state index is 12.1. The lowest BCUT2D eigenvalue weighted by Gasteiger charge is -2.23. The van der Waals surface area contributed by atoms with Crippen LogP contribution in [0.25, 0.3) is 0 Å². The summed E-state index contributed by atoms with van der Waals surface area (Å²) in [5.41, 5.74) is 0. The Hall–Kier alpha value is 0.120. The van der Waals surface area contributed by atoms with Crippen molar-refractivity contribution in [3.05, 3.63) is 0 Å². The van der Waals surface area contributed by atoms with Crippen LogP contribution in [0, 0.1) is 0 Å². The van der Waals surface area contributed by atoms with Crippen molar-refractivity contribution in [2.24, 2.45) is 0 Å². The predicted octanol–water partition coefficient (Wildman–Crippen LogP) is 0.481. The molecule has 0 aliphatic carbocycles. The molecular formula is C12H21B2O7P. The van der Waals surface area contributed by atoms with Gasteiger partial charge in [-0.1, -0.05) is 6.92 Å². The van der Waals surface area contributed by atoms with Crippen molar-refractivity contribution in [3.63, 3.8) is 0 Å². The van der Waals surface area contributed by atoms with Crippen molar-refractivity contribution < 1.29 is 32.7 Å². The zero-order chi connectivity index (χ0) is 16.3. The predicted molar refractivity (Wildman–Crippen MR) is 79.8 cm³/mol. The molecule has 0 aromatic carbocycles. The third-order valence-corrected chi connectivity index (χ3v) is 4.85. The van der Waals surface area contributed by atoms with Gasteiger partial charge in [0, 0.05) is 19.1 Å². The Balaban J connectivity index is 1.84. The molecule has 2 aliphatic rings. The number of ether oxygens (including phenoxy) is 3. The molecule has 4 radical (unpaired) electrons. The molecule has 0 aromatic rings. The Morgan fingerprint density at radius 3 is 2.36 bits per heavy atom. The van der Waals surface area contributed by atoms with Crippen molar-refractivity contribution in [1.82, 2.24) is 0 Å². The van der Waals surface area contributed by atoms with E-state index in [2.05, 4.69) is 0 Å². The summed E-state index contributed by atoms with van der Waals surface area (Å²) in [6.07, 6.45) is -0.190. The second-order valence-electron chi connectivity index (χ2n) is 5.49. The van der Waals surface area contributed by atoms with E-state index in [4.69, 9.17) is 39.0 Å². The summed E-state index contributed by atoms with van der Waals surface area (Å²) in [6, 6.07) is -0.966. The Kier molecular flexibility index (Phi) is 6.54. The van der Waals surface area contributed by atoms with Gasteiger partial charge in [0.2, 0.25) is 0 Å². The van der Waals surface area contributed by atoms with Gasteiger partial charge in [-0.05, 0) is 19.3 Å². The third-order valence-electron chi connectivity index (χ3n) is 3.83. The van der Waals surface area contributed by atoms with E-state index >= 15 is 0 Å². The van der Waals surface area contributed by atoms with Crippen LogP contribution in [0.1, 0.15) is 26.2 Å². The van der Waals surface area contributed by atoms with Gasteiger partial charge in [-0.15, -0.1) is 0 Å². The number of hydrogen-bond acceptors (Lipinski definition) is 6. The molecule has 2 rings (SSSR count). The topological polar surface area (TPSA) is 83.5 Å². The van der Waals surface area contributed by atoms with Gasteiger partial charge in [0.05, 0.1) is 24.9 Å². The highest BCUT2D eigenvalue weighted by molar-refractivity contribution is 7.47. The number of hydrogen-bond donors (Lipinski definition) is 1. The second-order valence-corrected chi connectivity index (χ2v) is 6.89. The van der Waals surface area contributed by atoms with E-state index in [0.29, 0.717) is 19.3 Å². The second kappa shape index (κ2) is 7.79. The van der Waals surface area contributed by atoms with Crippen LogP contribution in [0.2, 0.25) is 0 Å². The smallest absolute Gasteiger partial charge is 0.382 e. The lowest BCUT2D eigenvalue weighted by molar-refractivity contribution is -0.0285. The molecule has 0 aromatic heterocycles. The van der Waals surface area contributed by atoms with Crippen molar-refractivity contribution in [1.29, 1.82) is 0 Å². The van der Waals surface area contributed by atoms with Gasteiger partial charge in [-0.25, -0.2) is 4.57 Å². The van der Waals surface area contributed by atoms with Crippen LogP contribution in [-0.2, 0) is 27.8 Å². The molecule has 0 saturated carbocycles. The molecule has 122 valence electrons. The lowest BCUT2D eigenvalue weighted by Crippen LogP contribution is -2.29. The first-order valence-electron chi connectivity index (χ1n) is 7.35. The zero-order valence-electron chi connectivity index (χ0n) is 12.8. The van der Waals surface area contributed by atoms with Crippen molar-refractivity contribution in [2.75, 3.05) is 13.7 Å². The molecular weight excluding hydrogens is 309 g/mol. The number of phosphoric acid groups is 1. The minimum atomic E-state index is -4.24. The SMILES string of the molecule is [B]C1CC(OC)C(COP(=O)(O)OC2CC([B])OC2CC)O1. The average Bonchev–Trinajstić information content (AvgIpc) is 2.98. The molecule has 2 aliphatic heterocycles. The van der Waals surface area contributed by atoms with Crippen molar-refractivity contribution in [3.8, 4) is 0 Å². The maximum Gasteiger partial charge on any atom is 0.472 e. The molecule has 0 spiro atoms. The minimum Gasteiger partial charge on any atom is -0.382 e. The molecule has 1 N–H and O–H groups in total. The van der Waals surface area contributed by atoms with Crippen LogP contribution in [0.3, 0.4) is 0 Å². The largest absolute Gasteiger partial charge is 0.472 e. The Morgan fingerprint density at radius 2 is 1.77 bits per heavy atom. The van der Waals surface area contributed by atoms with Gasteiger partial charge >= 0.3 is 7.82 Å². The highest BCUT2D eigenvalue weighted by Gasteiger charge is 2.40. The van der Waals surface area contributed by atoms with Crippen molar-refractivity contribution in [2.45, 2.75) is 62.6 Å². The van der Waals surface area contributed by atoms with Crippen LogP contribution in [-0.4, -0.2) is 70.7 Å². The minimum absolute atomic E-state index is 0.142. The van der Waals surface area contributed by atoms with E-state index in [9.17, 15) is 9.46 Å². The molecule has 0 bridgehead atoms. The van der Waals surface area contributed by atoms with E-state index in [0.717, 1.165) is 0 Å². The van der Waals surface area contributed by atoms with Gasteiger partial charge in [0.25, 0.3) is 0 Å². The summed E-state index contributed by atoms with van der Waals surface area (Å²) in [6.45, 7) is 1.75. The average molecular weight is 330 g/mol. The third kappa shape index (κ3) is 4.81. The summed E-state index contributed by atoms with van der Waals surface area (Å²) in [5, 5.41) is 0. The van der Waals surface area contributed by atoms with Gasteiger partial charge in [-0.2, -0.15) is 0 Å². The molecule has 2 heterocycles. The molecule has 7 nitrogen and oxygen atoms in total. The molecule has 0 amide bonds. The first-order chi connectivity index (χ1) is 10.3. The maximum atomic E-state index is 12.1. The van der Waals surface area contributed by atoms with Crippen LogP contribution >= 0.6 is 7.82 Å². The van der Waals surface area contributed by atoms with Crippen LogP contribution < -0.4 is 0 Å². The zero-order valence-corrected chi connectivity index (χ0v) is 13.7. The van der Waals surface area contributed by atoms with E-state index in [-0.39, 0.29) is 18.8 Å². The highest BCUT2D eigenvalue weighted by Crippen LogP contribution is 2.48. The molecule has 22 heavy (non-hydrogen) atoms. The van der Waals surface area contributed by atoms with Crippen LogP contribution in [0.15, 0.2) is 0 Å². The molecule has 2 fully saturated rings. The fourth-order valence-corrected chi connectivity index (χ4v) is 3.69. The summed E-state index contributed by atoms with van der Waals surface area (Å²) in [4.78, 5) is 9.85. The van der Waals surface area contributed by atoms with Gasteiger partial charge in [-0.3, -0.25) is 9.05 Å². The van der Waals surface area contributed by atoms with Gasteiger partial charge in [0.15, 0.2) is 0 Å². The summed E-state index contributed by atoms with van der Waals surface area (Å²) < 4.78 is 38.3. The van der Waals surface area contributed by atoms with Gasteiger partial charge in [0.1, 0.15) is 21.8 Å². The quantitative estimate of drug-likeness (QED) is 0.537. The molecule has 10 heteroatoms. The fraction of sp³-hybridized carbons (Fsp3) is 1.00. The number of methoxy groups -OCH3 is 1. The number of phosphoric ester groups is 1. The normalized spacial score (nSPS) is 41.6. The number of rotatable bonds is 7. The van der Waals surface area contributed by atoms with E-state index in [1.165, 1.54) is 7.11 Å². The Bertz CT molecular complexity index is 413. The fourth-order valence-electron chi connectivity index (χ4n) is 2.73. The Morgan fingerprint density at radius 1 is 1.18 bits per heavy atom. The monoisotopic (exact) mass is 330 g/mol. The van der Waals surface area contributed by atoms with Gasteiger partial charge < -0.3 is 19.1 Å². The van der Waals surface area contributed by atoms with Crippen molar-refractivity contribution >= 4 is 23.5 Å². The summed E-state index contributed by atoms with van der Waals surface area (Å²) in [5.74, 6) is 0. The summed E-state index contributed by atoms with van der Waals surface area (Å²) >= 11 is 0. The lowest BCUT2D eigenvalue weighted by atomic mass is 9.96. The first kappa shape index (κ1) is 18.5. The molecule has 2 saturated heterocycles. The standard InChI is InChI=1S/C12H21B2O7P/c1-3-7-9(5-12(14)19-7)21-22(15,16)18-6-10-8(17-2)4-11(13)20-10/h7-12H,3-6H2,1-2H3,(H,15,16). The molecule has 7 unspecified atom stereocenters.